The van der Waals surface area contributed by atoms with Gasteiger partial charge in [-0.1, -0.05) is 24.3 Å². The van der Waals surface area contributed by atoms with Gasteiger partial charge in [0.25, 0.3) is 5.91 Å². The summed E-state index contributed by atoms with van der Waals surface area (Å²) in [6.07, 6.45) is 0.762. The molecular formula is C22H22F3N3O3. The zero-order valence-electron chi connectivity index (χ0n) is 16.6. The van der Waals surface area contributed by atoms with Gasteiger partial charge < -0.3 is 15.0 Å². The maximum absolute atomic E-state index is 12.5. The SMILES string of the molecule is O=C(NCC1CCN(C(=O)C=Cc2ccccc2OC(F)(F)F)CC1)c1ccccn1. The molecule has 2 amide bonds. The molecule has 0 aliphatic carbocycles. The van der Waals surface area contributed by atoms with E-state index < -0.39 is 6.36 Å². The first-order chi connectivity index (χ1) is 14.8. The summed E-state index contributed by atoms with van der Waals surface area (Å²) in [5.74, 6) is -0.637. The van der Waals surface area contributed by atoms with Crippen LogP contribution in [0.1, 0.15) is 28.9 Å². The second-order valence-electron chi connectivity index (χ2n) is 7.11. The molecule has 1 aromatic carbocycles. The number of nitrogens with zero attached hydrogens (tertiary/aromatic N) is 2. The molecule has 3 rings (SSSR count). The first-order valence-corrected chi connectivity index (χ1v) is 9.83. The average Bonchev–Trinajstić information content (AvgIpc) is 2.76. The molecular weight excluding hydrogens is 411 g/mol. The molecule has 0 bridgehead atoms. The molecule has 31 heavy (non-hydrogen) atoms. The highest BCUT2D eigenvalue weighted by Gasteiger charge is 2.31. The molecule has 9 heteroatoms. The number of carbonyl (C=O) groups is 2. The van der Waals surface area contributed by atoms with Crippen molar-refractivity contribution >= 4 is 17.9 Å². The summed E-state index contributed by atoms with van der Waals surface area (Å²) in [5.41, 5.74) is 0.523. The van der Waals surface area contributed by atoms with Crippen molar-refractivity contribution in [2.75, 3.05) is 19.6 Å². The van der Waals surface area contributed by atoms with Crippen molar-refractivity contribution in [3.05, 3.63) is 66.0 Å². The Balaban J connectivity index is 1.48. The highest BCUT2D eigenvalue weighted by Crippen LogP contribution is 2.27. The minimum Gasteiger partial charge on any atom is -0.405 e. The van der Waals surface area contributed by atoms with Crippen molar-refractivity contribution in [2.24, 2.45) is 5.92 Å². The summed E-state index contributed by atoms with van der Waals surface area (Å²) >= 11 is 0. The van der Waals surface area contributed by atoms with E-state index >= 15 is 0 Å². The molecule has 2 aromatic rings. The van der Waals surface area contributed by atoms with Gasteiger partial charge in [0.2, 0.25) is 5.91 Å². The number of nitrogens with one attached hydrogen (secondary N) is 1. The summed E-state index contributed by atoms with van der Waals surface area (Å²) in [7, 11) is 0. The van der Waals surface area contributed by atoms with Gasteiger partial charge in [0, 0.05) is 37.5 Å². The number of aromatic nitrogens is 1. The fourth-order valence-corrected chi connectivity index (χ4v) is 3.28. The fourth-order valence-electron chi connectivity index (χ4n) is 3.28. The topological polar surface area (TPSA) is 71.5 Å². The summed E-state index contributed by atoms with van der Waals surface area (Å²) in [5, 5.41) is 2.86. The van der Waals surface area contributed by atoms with Crippen LogP contribution in [0.3, 0.4) is 0 Å². The lowest BCUT2D eigenvalue weighted by Crippen LogP contribution is -2.41. The van der Waals surface area contributed by atoms with Crippen molar-refractivity contribution in [3.63, 3.8) is 0 Å². The van der Waals surface area contributed by atoms with Crippen molar-refractivity contribution in [1.82, 2.24) is 15.2 Å². The first kappa shape index (κ1) is 22.3. The van der Waals surface area contributed by atoms with E-state index in [0.717, 1.165) is 12.8 Å². The minimum absolute atomic E-state index is 0.167. The number of ether oxygens (including phenoxy) is 1. The van der Waals surface area contributed by atoms with E-state index in [1.165, 1.54) is 30.4 Å². The Hall–Kier alpha value is -3.36. The average molecular weight is 433 g/mol. The number of hydrogen-bond donors (Lipinski definition) is 1. The van der Waals surface area contributed by atoms with E-state index in [0.29, 0.717) is 25.3 Å². The molecule has 6 nitrogen and oxygen atoms in total. The third-order valence-electron chi connectivity index (χ3n) is 4.93. The maximum Gasteiger partial charge on any atom is 0.573 e. The van der Waals surface area contributed by atoms with Crippen LogP contribution in [0.4, 0.5) is 13.2 Å². The zero-order valence-corrected chi connectivity index (χ0v) is 16.6. The van der Waals surface area contributed by atoms with Gasteiger partial charge in [0.15, 0.2) is 0 Å². The molecule has 0 unspecified atom stereocenters. The molecule has 0 saturated carbocycles. The lowest BCUT2D eigenvalue weighted by atomic mass is 9.96. The Labute approximate surface area is 177 Å². The van der Waals surface area contributed by atoms with Crippen LogP contribution >= 0.6 is 0 Å². The molecule has 1 N–H and O–H groups in total. The molecule has 0 spiro atoms. The second kappa shape index (κ2) is 10.1. The highest BCUT2D eigenvalue weighted by atomic mass is 19.4. The standard InChI is InChI=1S/C22H22F3N3O3/c23-22(24,25)31-19-7-2-1-5-17(19)8-9-20(29)28-13-10-16(11-14-28)15-27-21(30)18-6-3-4-12-26-18/h1-9,12,16H,10-11,13-15H2,(H,27,30). The quantitative estimate of drug-likeness (QED) is 0.706. The van der Waals surface area contributed by atoms with Gasteiger partial charge in [-0.15, -0.1) is 13.2 Å². The van der Waals surface area contributed by atoms with Crippen LogP contribution < -0.4 is 10.1 Å². The van der Waals surface area contributed by atoms with Crippen molar-refractivity contribution in [2.45, 2.75) is 19.2 Å². The number of amides is 2. The lowest BCUT2D eigenvalue weighted by Gasteiger charge is -2.31. The second-order valence-corrected chi connectivity index (χ2v) is 7.11. The summed E-state index contributed by atoms with van der Waals surface area (Å²) in [6, 6.07) is 10.8. The van der Waals surface area contributed by atoms with Crippen molar-refractivity contribution < 1.29 is 27.5 Å². The number of carbonyl (C=O) groups excluding carboxylic acids is 2. The van der Waals surface area contributed by atoms with E-state index in [-0.39, 0.29) is 29.0 Å². The molecule has 1 aromatic heterocycles. The van der Waals surface area contributed by atoms with E-state index in [1.807, 2.05) is 0 Å². The molecule has 0 radical (unpaired) electrons. The third-order valence-corrected chi connectivity index (χ3v) is 4.93. The third kappa shape index (κ3) is 6.84. The summed E-state index contributed by atoms with van der Waals surface area (Å²) in [4.78, 5) is 30.1. The Bertz CT molecular complexity index is 924. The first-order valence-electron chi connectivity index (χ1n) is 9.83. The van der Waals surface area contributed by atoms with Gasteiger partial charge in [0.1, 0.15) is 11.4 Å². The van der Waals surface area contributed by atoms with Crippen LogP contribution in [0.5, 0.6) is 5.75 Å². The molecule has 2 heterocycles. The van der Waals surface area contributed by atoms with Crippen molar-refractivity contribution in [3.8, 4) is 5.75 Å². The van der Waals surface area contributed by atoms with Crippen LogP contribution in [-0.4, -0.2) is 47.7 Å². The number of hydrogen-bond acceptors (Lipinski definition) is 4. The van der Waals surface area contributed by atoms with Crippen LogP contribution in [0.15, 0.2) is 54.7 Å². The molecule has 0 atom stereocenters. The summed E-state index contributed by atoms with van der Waals surface area (Å²) < 4.78 is 41.5. The van der Waals surface area contributed by atoms with E-state index in [4.69, 9.17) is 0 Å². The monoisotopic (exact) mass is 433 g/mol. The summed E-state index contributed by atoms with van der Waals surface area (Å²) in [6.45, 7) is 1.51. The number of benzene rings is 1. The van der Waals surface area contributed by atoms with E-state index in [9.17, 15) is 22.8 Å². The Kier molecular flexibility index (Phi) is 7.28. The number of likely N-dealkylation sites (tertiary alicyclic amines) is 1. The number of halogens is 3. The maximum atomic E-state index is 12.5. The number of alkyl halides is 3. The molecule has 1 aliphatic rings. The minimum atomic E-state index is -4.80. The van der Waals surface area contributed by atoms with Gasteiger partial charge in [-0.25, -0.2) is 0 Å². The van der Waals surface area contributed by atoms with E-state index in [2.05, 4.69) is 15.0 Å². The number of piperidine rings is 1. The van der Waals surface area contributed by atoms with Crippen LogP contribution in [-0.2, 0) is 4.79 Å². The predicted octanol–water partition coefficient (Wildman–Crippen LogP) is 3.66. The molecule has 164 valence electrons. The van der Waals surface area contributed by atoms with Crippen LogP contribution in [0.2, 0.25) is 0 Å². The van der Waals surface area contributed by atoms with Gasteiger partial charge in [0.05, 0.1) is 0 Å². The smallest absolute Gasteiger partial charge is 0.405 e. The Morgan fingerprint density at radius 1 is 1.13 bits per heavy atom. The number of rotatable bonds is 6. The highest BCUT2D eigenvalue weighted by molar-refractivity contribution is 5.92. The van der Waals surface area contributed by atoms with Gasteiger partial charge in [-0.05, 0) is 43.0 Å². The van der Waals surface area contributed by atoms with Crippen molar-refractivity contribution in [1.29, 1.82) is 0 Å². The fraction of sp³-hybridized carbons (Fsp3) is 0.318. The van der Waals surface area contributed by atoms with Gasteiger partial charge in [-0.3, -0.25) is 14.6 Å². The van der Waals surface area contributed by atoms with E-state index in [1.54, 1.807) is 35.4 Å². The molecule has 1 saturated heterocycles. The van der Waals surface area contributed by atoms with Crippen LogP contribution in [0.25, 0.3) is 6.08 Å². The predicted molar refractivity (Wildman–Crippen MR) is 108 cm³/mol. The Morgan fingerprint density at radius 3 is 2.52 bits per heavy atom. The molecule has 1 aliphatic heterocycles. The largest absolute Gasteiger partial charge is 0.573 e. The number of para-hydroxylation sites is 1. The van der Waals surface area contributed by atoms with Gasteiger partial charge >= 0.3 is 6.36 Å². The lowest BCUT2D eigenvalue weighted by molar-refractivity contribution is -0.274. The normalized spacial score (nSPS) is 15.1. The Morgan fingerprint density at radius 2 is 1.84 bits per heavy atom. The van der Waals surface area contributed by atoms with Gasteiger partial charge in [-0.2, -0.15) is 0 Å². The number of pyridine rings is 1. The molecule has 1 fully saturated rings. The van der Waals surface area contributed by atoms with Crippen LogP contribution in [0, 0.1) is 5.92 Å². The zero-order chi connectivity index (χ0) is 22.3.